The number of benzene rings is 2. The molecule has 3 amide bonds. The maximum atomic E-state index is 13.2. The molecule has 0 aliphatic carbocycles. The number of nitrogens with one attached hydrogen (secondary N) is 3. The number of piperazine rings is 1. The van der Waals surface area contributed by atoms with Crippen molar-refractivity contribution in [3.8, 4) is 11.5 Å². The Morgan fingerprint density at radius 2 is 1.64 bits per heavy atom. The molecule has 0 atom stereocenters. The average molecular weight is 499 g/mol. The molecule has 0 radical (unpaired) electrons. The Balaban J connectivity index is 1.05. The first-order valence-corrected chi connectivity index (χ1v) is 12.6. The molecule has 4 heterocycles. The molecule has 5 aromatic rings. The highest BCUT2D eigenvalue weighted by Crippen LogP contribution is 2.31. The lowest BCUT2D eigenvalue weighted by molar-refractivity contribution is -0.345. The molecule has 0 spiro atoms. The smallest absolute Gasteiger partial charge is 0.321 e. The summed E-state index contributed by atoms with van der Waals surface area (Å²) in [5.41, 5.74) is 1.64. The monoisotopic (exact) mass is 498 g/mol. The number of aromatic amines is 2. The minimum atomic E-state index is -0.175. The van der Waals surface area contributed by atoms with Crippen LogP contribution < -0.4 is 15.0 Å². The maximum Gasteiger partial charge on any atom is 0.321 e. The van der Waals surface area contributed by atoms with Crippen molar-refractivity contribution >= 4 is 50.1 Å². The zero-order valence-electron chi connectivity index (χ0n) is 19.4. The Bertz CT molecular complexity index is 1540. The van der Waals surface area contributed by atoms with E-state index in [0.717, 1.165) is 26.9 Å². The van der Waals surface area contributed by atoms with Gasteiger partial charge in [0.25, 0.3) is 11.6 Å². The second-order valence-electron chi connectivity index (χ2n) is 8.60. The zero-order chi connectivity index (χ0) is 24.5. The van der Waals surface area contributed by atoms with Gasteiger partial charge in [0.1, 0.15) is 11.5 Å². The highest BCUT2D eigenvalue weighted by atomic mass is 32.1. The summed E-state index contributed by atoms with van der Waals surface area (Å²) in [6.45, 7) is 1.95. The molecule has 1 aliphatic heterocycles. The predicted molar refractivity (Wildman–Crippen MR) is 140 cm³/mol. The molecule has 3 N–H and O–H groups in total. The van der Waals surface area contributed by atoms with Crippen molar-refractivity contribution in [1.82, 2.24) is 14.8 Å². The second kappa shape index (κ2) is 9.35. The third kappa shape index (κ3) is 4.36. The molecule has 2 aromatic carbocycles. The molecular formula is C27H24N5O3S+. The fraction of sp³-hybridized carbons (Fsp3) is 0.148. The lowest BCUT2D eigenvalue weighted by Crippen LogP contribution is -2.51. The SMILES string of the molecule is O=C(Nc1ccc(Oc2ccccc2)cc1)N1CCN(C(=O)c2cc3c[nH+]c4[nH]ccc4c3s2)CC1. The number of aromatic nitrogens is 2. The predicted octanol–water partition coefficient (Wildman–Crippen LogP) is 4.98. The number of carbonyl (C=O) groups is 2. The van der Waals surface area contributed by atoms with Crippen molar-refractivity contribution in [3.05, 3.63) is 84.0 Å². The van der Waals surface area contributed by atoms with E-state index in [2.05, 4.69) is 15.3 Å². The van der Waals surface area contributed by atoms with E-state index >= 15 is 0 Å². The molecule has 0 unspecified atom stereocenters. The number of thiophene rings is 1. The third-order valence-corrected chi connectivity index (χ3v) is 7.45. The molecule has 0 saturated carbocycles. The Morgan fingerprint density at radius 1 is 0.917 bits per heavy atom. The van der Waals surface area contributed by atoms with Crippen LogP contribution in [0.4, 0.5) is 10.5 Å². The topological polar surface area (TPSA) is 91.8 Å². The number of ether oxygens (including phenoxy) is 1. The van der Waals surface area contributed by atoms with Crippen LogP contribution in [0.3, 0.4) is 0 Å². The number of hydrogen-bond donors (Lipinski definition) is 2. The van der Waals surface area contributed by atoms with Crippen molar-refractivity contribution in [1.29, 1.82) is 0 Å². The first-order valence-electron chi connectivity index (χ1n) is 11.7. The van der Waals surface area contributed by atoms with Crippen LogP contribution in [0.15, 0.2) is 79.1 Å². The van der Waals surface area contributed by atoms with Gasteiger partial charge in [0.2, 0.25) is 0 Å². The van der Waals surface area contributed by atoms with Crippen LogP contribution in [-0.4, -0.2) is 52.9 Å². The Labute approximate surface area is 211 Å². The van der Waals surface area contributed by atoms with Gasteiger partial charge in [0, 0.05) is 37.3 Å². The van der Waals surface area contributed by atoms with E-state index in [1.807, 2.05) is 84.0 Å². The van der Waals surface area contributed by atoms with E-state index in [1.165, 1.54) is 11.3 Å². The molecule has 6 rings (SSSR count). The van der Waals surface area contributed by atoms with E-state index in [4.69, 9.17) is 4.74 Å². The molecular weight excluding hydrogens is 474 g/mol. The van der Waals surface area contributed by atoms with Crippen LogP contribution in [0.25, 0.3) is 21.1 Å². The van der Waals surface area contributed by atoms with Crippen LogP contribution in [0, 0.1) is 0 Å². The van der Waals surface area contributed by atoms with E-state index in [-0.39, 0.29) is 11.9 Å². The van der Waals surface area contributed by atoms with Crippen molar-refractivity contribution in [3.63, 3.8) is 0 Å². The number of amides is 3. The number of nitrogens with zero attached hydrogens (tertiary/aromatic N) is 2. The Kier molecular flexibility index (Phi) is 5.74. The summed E-state index contributed by atoms with van der Waals surface area (Å²) in [6.07, 6.45) is 3.81. The van der Waals surface area contributed by atoms with Gasteiger partial charge >= 0.3 is 6.03 Å². The van der Waals surface area contributed by atoms with Gasteiger partial charge in [0.05, 0.1) is 27.4 Å². The molecule has 180 valence electrons. The van der Waals surface area contributed by atoms with Gasteiger partial charge in [-0.25, -0.2) is 14.8 Å². The van der Waals surface area contributed by atoms with E-state index in [9.17, 15) is 9.59 Å². The number of hydrogen-bond acceptors (Lipinski definition) is 4. The highest BCUT2D eigenvalue weighted by Gasteiger charge is 2.26. The van der Waals surface area contributed by atoms with Crippen LogP contribution in [0.2, 0.25) is 0 Å². The standard InChI is InChI=1S/C27H23N5O3S/c33-26(23-16-18-17-29-25-22(10-11-28-25)24(18)36-23)31-12-14-32(15-13-31)27(34)30-19-6-8-21(9-7-19)35-20-4-2-1-3-5-20/h1-11,16-17H,12-15H2,(H,28,29)(H,30,34)/p+1. The summed E-state index contributed by atoms with van der Waals surface area (Å²) in [4.78, 5) is 36.6. The summed E-state index contributed by atoms with van der Waals surface area (Å²) in [7, 11) is 0. The number of anilines is 1. The number of fused-ring (bicyclic) bond motifs is 3. The molecule has 0 bridgehead atoms. The summed E-state index contributed by atoms with van der Waals surface area (Å²) >= 11 is 1.51. The molecule has 9 heteroatoms. The number of rotatable bonds is 4. The highest BCUT2D eigenvalue weighted by molar-refractivity contribution is 7.21. The first kappa shape index (κ1) is 22.1. The molecule has 1 aliphatic rings. The average Bonchev–Trinajstić information content (AvgIpc) is 3.57. The summed E-state index contributed by atoms with van der Waals surface area (Å²) in [5.74, 6) is 1.46. The largest absolute Gasteiger partial charge is 0.457 e. The van der Waals surface area contributed by atoms with Gasteiger partial charge in [-0.1, -0.05) is 18.2 Å². The van der Waals surface area contributed by atoms with Crippen LogP contribution in [0.1, 0.15) is 9.67 Å². The van der Waals surface area contributed by atoms with Crippen LogP contribution in [0.5, 0.6) is 11.5 Å². The Morgan fingerprint density at radius 3 is 2.42 bits per heavy atom. The molecule has 1 saturated heterocycles. The Hall–Kier alpha value is -4.37. The zero-order valence-corrected chi connectivity index (χ0v) is 20.2. The number of para-hydroxylation sites is 1. The van der Waals surface area contributed by atoms with Gasteiger partial charge in [-0.3, -0.25) is 4.79 Å². The number of pyridine rings is 1. The summed E-state index contributed by atoms with van der Waals surface area (Å²) < 4.78 is 6.89. The van der Waals surface area contributed by atoms with Crippen LogP contribution in [-0.2, 0) is 0 Å². The van der Waals surface area contributed by atoms with Crippen molar-refractivity contribution in [2.24, 2.45) is 0 Å². The molecule has 3 aromatic heterocycles. The van der Waals surface area contributed by atoms with Crippen molar-refractivity contribution in [2.75, 3.05) is 31.5 Å². The minimum absolute atomic E-state index is 0.00829. The van der Waals surface area contributed by atoms with E-state index in [0.29, 0.717) is 42.5 Å². The third-order valence-electron chi connectivity index (χ3n) is 6.27. The van der Waals surface area contributed by atoms with E-state index < -0.39 is 0 Å². The van der Waals surface area contributed by atoms with Gasteiger partial charge in [0.15, 0.2) is 0 Å². The lowest BCUT2D eigenvalue weighted by Gasteiger charge is -2.34. The van der Waals surface area contributed by atoms with Crippen molar-refractivity contribution < 1.29 is 19.3 Å². The summed E-state index contributed by atoms with van der Waals surface area (Å²) in [5, 5.41) is 5.04. The first-order chi connectivity index (χ1) is 17.6. The van der Waals surface area contributed by atoms with Gasteiger partial charge in [-0.15, -0.1) is 11.3 Å². The van der Waals surface area contributed by atoms with Crippen LogP contribution >= 0.6 is 11.3 Å². The van der Waals surface area contributed by atoms with Gasteiger partial charge in [-0.2, -0.15) is 0 Å². The van der Waals surface area contributed by atoms with E-state index in [1.54, 1.807) is 4.90 Å². The quantitative estimate of drug-likeness (QED) is 0.366. The number of H-pyrrole nitrogens is 2. The normalized spacial score (nSPS) is 13.8. The minimum Gasteiger partial charge on any atom is -0.457 e. The molecule has 36 heavy (non-hydrogen) atoms. The second-order valence-corrected chi connectivity index (χ2v) is 9.65. The molecule has 8 nitrogen and oxygen atoms in total. The fourth-order valence-electron chi connectivity index (χ4n) is 4.36. The maximum absolute atomic E-state index is 13.2. The van der Waals surface area contributed by atoms with Gasteiger partial charge < -0.3 is 19.9 Å². The fourth-order valence-corrected chi connectivity index (χ4v) is 5.50. The summed E-state index contributed by atoms with van der Waals surface area (Å²) in [6, 6.07) is 20.6. The molecule has 1 fully saturated rings. The van der Waals surface area contributed by atoms with Crippen molar-refractivity contribution in [2.45, 2.75) is 0 Å². The lowest BCUT2D eigenvalue weighted by atomic mass is 10.2. The van der Waals surface area contributed by atoms with Gasteiger partial charge in [-0.05, 0) is 48.5 Å². The number of urea groups is 1. The number of carbonyl (C=O) groups excluding carboxylic acids is 2.